The minimum absolute atomic E-state index is 0.360. The first-order valence-electron chi connectivity index (χ1n) is 6.84. The van der Waals surface area contributed by atoms with Crippen molar-refractivity contribution in [3.8, 4) is 10.6 Å². The Morgan fingerprint density at radius 3 is 2.62 bits per heavy atom. The van der Waals surface area contributed by atoms with Crippen molar-refractivity contribution in [3.63, 3.8) is 0 Å². The molecule has 2 aromatic heterocycles. The quantitative estimate of drug-likeness (QED) is 0.855. The van der Waals surface area contributed by atoms with Crippen LogP contribution in [0, 0.1) is 0 Å². The first-order chi connectivity index (χ1) is 10.1. The zero-order valence-corrected chi connectivity index (χ0v) is 13.4. The van der Waals surface area contributed by atoms with Gasteiger partial charge in [-0.15, -0.1) is 11.3 Å². The lowest BCUT2D eigenvalue weighted by molar-refractivity contribution is 0.196. The van der Waals surface area contributed by atoms with Gasteiger partial charge in [-0.2, -0.15) is 4.31 Å². The Hall–Kier alpha value is -1.22. The molecule has 2 aromatic rings. The smallest absolute Gasteiger partial charge is 0.252 e. The monoisotopic (exact) mass is 327 g/mol. The molecule has 0 spiro atoms. The second-order valence-corrected chi connectivity index (χ2v) is 8.08. The van der Waals surface area contributed by atoms with Crippen LogP contribution in [0.25, 0.3) is 10.6 Å². The van der Waals surface area contributed by atoms with E-state index >= 15 is 0 Å². The summed E-state index contributed by atoms with van der Waals surface area (Å²) in [4.78, 5) is 3.03. The van der Waals surface area contributed by atoms with Crippen molar-refractivity contribution in [3.05, 3.63) is 24.4 Å². The molecule has 1 fully saturated rings. The number of sulfonamides is 1. The number of hydrogen-bond acceptors (Lipinski definition) is 6. The van der Waals surface area contributed by atoms with Crippen LogP contribution < -0.4 is 0 Å². The van der Waals surface area contributed by atoms with Gasteiger partial charge < -0.3 is 9.42 Å². The fraction of sp³-hybridized carbons (Fsp3) is 0.462. The van der Waals surface area contributed by atoms with Gasteiger partial charge in [-0.05, 0) is 18.7 Å². The Bertz CT molecular complexity index is 686. The van der Waals surface area contributed by atoms with Crippen LogP contribution in [0.3, 0.4) is 0 Å². The minimum atomic E-state index is -3.40. The molecule has 0 aromatic carbocycles. The third kappa shape index (κ3) is 2.89. The van der Waals surface area contributed by atoms with Gasteiger partial charge in [0.25, 0.3) is 10.0 Å². The summed E-state index contributed by atoms with van der Waals surface area (Å²) in [6, 6.07) is 5.13. The average molecular weight is 327 g/mol. The minimum Gasteiger partial charge on any atom is -0.355 e. The van der Waals surface area contributed by atoms with Crippen LogP contribution in [0.4, 0.5) is 0 Å². The predicted molar refractivity (Wildman–Crippen MR) is 80.7 cm³/mol. The van der Waals surface area contributed by atoms with Crippen LogP contribution in [0.1, 0.15) is 6.92 Å². The number of thiophene rings is 1. The number of nitrogens with zero attached hydrogens (tertiary/aromatic N) is 3. The predicted octanol–water partition coefficient (Wildman–Crippen LogP) is 1.73. The molecule has 114 valence electrons. The van der Waals surface area contributed by atoms with Crippen molar-refractivity contribution in [1.82, 2.24) is 14.4 Å². The van der Waals surface area contributed by atoms with Gasteiger partial charge in [-0.25, -0.2) is 8.42 Å². The van der Waals surface area contributed by atoms with Gasteiger partial charge in [0.2, 0.25) is 0 Å². The third-order valence-electron chi connectivity index (χ3n) is 3.63. The van der Waals surface area contributed by atoms with Crippen molar-refractivity contribution in [2.75, 3.05) is 32.7 Å². The molecule has 0 N–H and O–H groups in total. The molecule has 0 aliphatic carbocycles. The molecule has 0 amide bonds. The highest BCUT2D eigenvalue weighted by Gasteiger charge is 2.29. The average Bonchev–Trinajstić information content (AvgIpc) is 3.18. The van der Waals surface area contributed by atoms with Crippen molar-refractivity contribution in [2.24, 2.45) is 0 Å². The second-order valence-electron chi connectivity index (χ2n) is 4.83. The van der Waals surface area contributed by atoms with E-state index < -0.39 is 10.0 Å². The van der Waals surface area contributed by atoms with Gasteiger partial charge in [0.1, 0.15) is 4.21 Å². The summed E-state index contributed by atoms with van der Waals surface area (Å²) < 4.78 is 32.3. The van der Waals surface area contributed by atoms with E-state index in [0.717, 1.165) is 24.5 Å². The molecule has 3 rings (SSSR count). The van der Waals surface area contributed by atoms with Crippen LogP contribution in [0.5, 0.6) is 0 Å². The van der Waals surface area contributed by atoms with Gasteiger partial charge in [-0.1, -0.05) is 12.1 Å². The summed E-state index contributed by atoms with van der Waals surface area (Å²) in [6.07, 6.45) is 1.55. The summed E-state index contributed by atoms with van der Waals surface area (Å²) in [5.74, 6) is 0.595. The molecular weight excluding hydrogens is 310 g/mol. The van der Waals surface area contributed by atoms with E-state index in [1.807, 2.05) is 0 Å². The highest BCUT2D eigenvalue weighted by molar-refractivity contribution is 7.91. The molecule has 0 saturated carbocycles. The van der Waals surface area contributed by atoms with Crippen molar-refractivity contribution < 1.29 is 12.9 Å². The number of aromatic nitrogens is 1. The van der Waals surface area contributed by atoms with E-state index in [4.69, 9.17) is 4.52 Å². The molecular formula is C13H17N3O3S2. The maximum atomic E-state index is 12.6. The van der Waals surface area contributed by atoms with E-state index in [0.29, 0.717) is 23.1 Å². The van der Waals surface area contributed by atoms with Crippen molar-refractivity contribution in [1.29, 1.82) is 0 Å². The molecule has 6 nitrogen and oxygen atoms in total. The van der Waals surface area contributed by atoms with Crippen LogP contribution in [0.2, 0.25) is 0 Å². The standard InChI is InChI=1S/C13H17N3O3S2/c1-2-15-7-9-16(10-8-15)21(17,18)13-4-3-12(20-13)11-5-6-14-19-11/h3-6H,2,7-10H2,1H3. The maximum Gasteiger partial charge on any atom is 0.252 e. The fourth-order valence-corrected chi connectivity index (χ4v) is 5.19. The van der Waals surface area contributed by atoms with Crippen LogP contribution in [0.15, 0.2) is 33.1 Å². The van der Waals surface area contributed by atoms with E-state index in [9.17, 15) is 8.42 Å². The summed E-state index contributed by atoms with van der Waals surface area (Å²) in [5.41, 5.74) is 0. The van der Waals surface area contributed by atoms with Crippen LogP contribution in [-0.4, -0.2) is 55.5 Å². The van der Waals surface area contributed by atoms with Gasteiger partial charge in [0.15, 0.2) is 5.76 Å². The Morgan fingerprint density at radius 1 is 1.24 bits per heavy atom. The fourth-order valence-electron chi connectivity index (χ4n) is 2.35. The van der Waals surface area contributed by atoms with Gasteiger partial charge in [0, 0.05) is 32.2 Å². The first-order valence-corrected chi connectivity index (χ1v) is 9.10. The Balaban J connectivity index is 1.79. The lowest BCUT2D eigenvalue weighted by atomic mass is 10.4. The molecule has 0 radical (unpaired) electrons. The number of piperazine rings is 1. The zero-order valence-electron chi connectivity index (χ0n) is 11.7. The highest BCUT2D eigenvalue weighted by atomic mass is 32.2. The van der Waals surface area contributed by atoms with E-state index in [1.54, 1.807) is 28.7 Å². The first kappa shape index (κ1) is 14.7. The molecule has 0 bridgehead atoms. The molecule has 1 saturated heterocycles. The summed E-state index contributed by atoms with van der Waals surface area (Å²) in [6.45, 7) is 5.72. The SMILES string of the molecule is CCN1CCN(S(=O)(=O)c2ccc(-c3ccno3)s2)CC1. The number of likely N-dealkylation sites (N-methyl/N-ethyl adjacent to an activating group) is 1. The van der Waals surface area contributed by atoms with Crippen LogP contribution >= 0.6 is 11.3 Å². The Morgan fingerprint density at radius 2 is 2.00 bits per heavy atom. The summed E-state index contributed by atoms with van der Waals surface area (Å²) in [5, 5.41) is 3.64. The van der Waals surface area contributed by atoms with Crippen LogP contribution in [-0.2, 0) is 10.0 Å². The van der Waals surface area contributed by atoms with E-state index in [1.165, 1.54) is 11.3 Å². The highest BCUT2D eigenvalue weighted by Crippen LogP contribution is 2.32. The summed E-state index contributed by atoms with van der Waals surface area (Å²) >= 11 is 1.22. The molecule has 21 heavy (non-hydrogen) atoms. The van der Waals surface area contributed by atoms with Gasteiger partial charge in [-0.3, -0.25) is 0 Å². The van der Waals surface area contributed by atoms with Crippen molar-refractivity contribution in [2.45, 2.75) is 11.1 Å². The second kappa shape index (κ2) is 5.88. The maximum absolute atomic E-state index is 12.6. The lowest BCUT2D eigenvalue weighted by Gasteiger charge is -2.32. The Labute approximate surface area is 128 Å². The number of hydrogen-bond donors (Lipinski definition) is 0. The van der Waals surface area contributed by atoms with Gasteiger partial charge >= 0.3 is 0 Å². The zero-order chi connectivity index (χ0) is 14.9. The molecule has 8 heteroatoms. The Kier molecular flexibility index (Phi) is 4.12. The molecule has 1 aliphatic heterocycles. The largest absolute Gasteiger partial charge is 0.355 e. The third-order valence-corrected chi connectivity index (χ3v) is 7.10. The molecule has 1 aliphatic rings. The topological polar surface area (TPSA) is 66.7 Å². The molecule has 0 unspecified atom stereocenters. The lowest BCUT2D eigenvalue weighted by Crippen LogP contribution is -2.48. The summed E-state index contributed by atoms with van der Waals surface area (Å²) in [7, 11) is -3.40. The van der Waals surface area contributed by atoms with Gasteiger partial charge in [0.05, 0.1) is 11.1 Å². The van der Waals surface area contributed by atoms with E-state index in [2.05, 4.69) is 17.0 Å². The molecule has 0 atom stereocenters. The van der Waals surface area contributed by atoms with E-state index in [-0.39, 0.29) is 0 Å². The normalized spacial score (nSPS) is 18.1. The number of rotatable bonds is 4. The molecule has 3 heterocycles. The van der Waals surface area contributed by atoms with Crippen molar-refractivity contribution >= 4 is 21.4 Å².